The summed E-state index contributed by atoms with van der Waals surface area (Å²) in [5.41, 5.74) is 4.54. The first-order chi connectivity index (χ1) is 36.3. The molecule has 0 saturated carbocycles. The number of piperidine rings is 2. The number of unbranched alkanes of at least 4 members (excludes halogenated alkanes) is 1. The van der Waals surface area contributed by atoms with Crippen LogP contribution in [-0.4, -0.2) is 112 Å². The summed E-state index contributed by atoms with van der Waals surface area (Å²) in [7, 11) is 7.70. The van der Waals surface area contributed by atoms with Crippen molar-refractivity contribution in [2.45, 2.75) is 115 Å². The van der Waals surface area contributed by atoms with Gasteiger partial charge < -0.3 is 53.6 Å². The average molecular weight is 1030 g/mol. The number of fused-ring (bicyclic) bond motifs is 1. The first-order valence-electron chi connectivity index (χ1n) is 25.4. The molecule has 400 valence electrons. The van der Waals surface area contributed by atoms with Crippen LogP contribution in [0.25, 0.3) is 0 Å². The highest BCUT2D eigenvalue weighted by Crippen LogP contribution is 2.42. The summed E-state index contributed by atoms with van der Waals surface area (Å²) in [5, 5.41) is 7.90. The molecule has 3 aliphatic rings. The summed E-state index contributed by atoms with van der Waals surface area (Å²) in [4.78, 5) is 94.9. The van der Waals surface area contributed by atoms with E-state index in [0.29, 0.717) is 102 Å². The first kappa shape index (κ1) is 54.9. The van der Waals surface area contributed by atoms with Gasteiger partial charge in [-0.25, -0.2) is 9.59 Å². The fraction of sp³-hybridized carbons (Fsp3) is 0.446. The zero-order valence-corrected chi connectivity index (χ0v) is 43.5. The predicted octanol–water partition coefficient (Wildman–Crippen LogP) is 7.32. The summed E-state index contributed by atoms with van der Waals surface area (Å²) >= 11 is 0. The Balaban J connectivity index is 0.931. The van der Waals surface area contributed by atoms with Crippen LogP contribution in [0, 0.1) is 0 Å². The van der Waals surface area contributed by atoms with Crippen LogP contribution < -0.4 is 39.6 Å². The van der Waals surface area contributed by atoms with Crippen molar-refractivity contribution in [1.82, 2.24) is 20.4 Å². The van der Waals surface area contributed by atoms with Crippen LogP contribution in [0.4, 0.5) is 10.5 Å². The minimum Gasteiger partial charge on any atom is -0.493 e. The molecular weight excluding hydrogens is 967 g/mol. The number of imide groups is 1. The van der Waals surface area contributed by atoms with E-state index in [1.54, 1.807) is 49.5 Å². The number of esters is 1. The lowest BCUT2D eigenvalue weighted by atomic mass is 9.91. The van der Waals surface area contributed by atoms with Crippen LogP contribution in [0.15, 0.2) is 72.8 Å². The number of hydrogen-bond acceptors (Lipinski definition) is 14. The fourth-order valence-corrected chi connectivity index (χ4v) is 9.89. The van der Waals surface area contributed by atoms with E-state index in [2.05, 4.69) is 16.0 Å². The minimum absolute atomic E-state index is 0.0286. The topological polar surface area (TPSA) is 227 Å². The molecule has 0 aromatic heterocycles. The molecule has 19 heteroatoms. The van der Waals surface area contributed by atoms with Gasteiger partial charge in [-0.15, -0.1) is 0 Å². The minimum atomic E-state index is -0.806. The van der Waals surface area contributed by atoms with E-state index in [1.165, 1.54) is 26.2 Å². The van der Waals surface area contributed by atoms with Gasteiger partial charge in [-0.1, -0.05) is 43.3 Å². The quantitative estimate of drug-likeness (QED) is 0.0376. The van der Waals surface area contributed by atoms with Crippen molar-refractivity contribution in [3.05, 3.63) is 106 Å². The normalized spacial score (nSPS) is 17.0. The zero-order valence-electron chi connectivity index (χ0n) is 43.5. The Morgan fingerprint density at radius 2 is 1.49 bits per heavy atom. The van der Waals surface area contributed by atoms with Gasteiger partial charge in [0.2, 0.25) is 29.4 Å². The van der Waals surface area contributed by atoms with Crippen molar-refractivity contribution >= 4 is 47.3 Å². The first-order valence-corrected chi connectivity index (χ1v) is 25.4. The molecule has 3 aliphatic heterocycles. The van der Waals surface area contributed by atoms with Crippen LogP contribution >= 0.6 is 0 Å². The van der Waals surface area contributed by atoms with Crippen LogP contribution in [0.2, 0.25) is 0 Å². The van der Waals surface area contributed by atoms with Gasteiger partial charge in [0.25, 0.3) is 5.91 Å². The van der Waals surface area contributed by atoms with Crippen molar-refractivity contribution < 1.29 is 66.7 Å². The van der Waals surface area contributed by atoms with E-state index in [1.807, 2.05) is 49.4 Å². The van der Waals surface area contributed by atoms with Crippen molar-refractivity contribution in [3.8, 4) is 28.7 Å². The maximum Gasteiger partial charge on any atom is 0.407 e. The van der Waals surface area contributed by atoms with Crippen molar-refractivity contribution in [3.63, 3.8) is 0 Å². The molecule has 0 bridgehead atoms. The molecule has 1 unspecified atom stereocenters. The SMILES string of the molecule is CC[C@H](C(=O)N1CCCC[C@H]1C(=O)O[C@H](CCc1ccc(OC)c(OC)c1)c1ccc(COC(=O)NCCCCC(=O)Nc2cccc3c2CN(C2CCC(=O)NC2=O)C3=O)cc1)c1cc(OC)c(OC)c(OC)c1. The molecule has 0 radical (unpaired) electrons. The van der Waals surface area contributed by atoms with Gasteiger partial charge >= 0.3 is 12.1 Å². The Kier molecular flexibility index (Phi) is 19.0. The van der Waals surface area contributed by atoms with E-state index in [0.717, 1.165) is 24.0 Å². The number of nitrogens with one attached hydrogen (secondary N) is 3. The summed E-state index contributed by atoms with van der Waals surface area (Å²) in [5.74, 6) is -0.314. The molecule has 4 aromatic carbocycles. The van der Waals surface area contributed by atoms with E-state index in [-0.39, 0.29) is 62.6 Å². The van der Waals surface area contributed by atoms with Crippen molar-refractivity contribution in [2.75, 3.05) is 54.0 Å². The number of anilines is 1. The lowest BCUT2D eigenvalue weighted by Gasteiger charge is -2.37. The summed E-state index contributed by atoms with van der Waals surface area (Å²) in [6.45, 7) is 2.69. The smallest absolute Gasteiger partial charge is 0.407 e. The van der Waals surface area contributed by atoms with E-state index >= 15 is 0 Å². The molecule has 3 N–H and O–H groups in total. The lowest BCUT2D eigenvalue weighted by Crippen LogP contribution is -2.52. The van der Waals surface area contributed by atoms with Crippen LogP contribution in [-0.2, 0) is 53.0 Å². The number of carbonyl (C=O) groups excluding carboxylic acids is 7. The Morgan fingerprint density at radius 3 is 2.17 bits per heavy atom. The Morgan fingerprint density at radius 1 is 0.773 bits per heavy atom. The fourth-order valence-electron chi connectivity index (χ4n) is 9.89. The number of benzene rings is 4. The number of carbonyl (C=O) groups is 7. The van der Waals surface area contributed by atoms with Crippen molar-refractivity contribution in [1.29, 1.82) is 0 Å². The molecule has 0 spiro atoms. The van der Waals surface area contributed by atoms with Gasteiger partial charge in [-0.05, 0) is 116 Å². The molecule has 4 atom stereocenters. The number of rotatable bonds is 23. The third kappa shape index (κ3) is 13.3. The van der Waals surface area contributed by atoms with Gasteiger partial charge in [0.05, 0.1) is 41.5 Å². The van der Waals surface area contributed by atoms with Crippen LogP contribution in [0.3, 0.4) is 0 Å². The second-order valence-electron chi connectivity index (χ2n) is 18.6. The molecule has 2 saturated heterocycles. The average Bonchev–Trinajstić information content (AvgIpc) is 3.77. The van der Waals surface area contributed by atoms with Crippen LogP contribution in [0.1, 0.15) is 121 Å². The number of likely N-dealkylation sites (tertiary alicyclic amines) is 1. The van der Waals surface area contributed by atoms with Gasteiger partial charge in [0, 0.05) is 49.3 Å². The van der Waals surface area contributed by atoms with Crippen LogP contribution in [0.5, 0.6) is 28.7 Å². The molecule has 75 heavy (non-hydrogen) atoms. The predicted molar refractivity (Wildman–Crippen MR) is 275 cm³/mol. The molecule has 3 heterocycles. The second-order valence-corrected chi connectivity index (χ2v) is 18.6. The third-order valence-electron chi connectivity index (χ3n) is 13.9. The highest BCUT2D eigenvalue weighted by atomic mass is 16.6. The maximum atomic E-state index is 14.5. The second kappa shape index (κ2) is 25.9. The van der Waals surface area contributed by atoms with Gasteiger partial charge in [-0.2, -0.15) is 0 Å². The van der Waals surface area contributed by atoms with Gasteiger partial charge in [-0.3, -0.25) is 29.3 Å². The molecule has 2 fully saturated rings. The number of aryl methyl sites for hydroxylation is 1. The number of amides is 6. The zero-order chi connectivity index (χ0) is 53.6. The highest BCUT2D eigenvalue weighted by molar-refractivity contribution is 6.07. The largest absolute Gasteiger partial charge is 0.493 e. The molecule has 19 nitrogen and oxygen atoms in total. The number of methoxy groups -OCH3 is 5. The standard InChI is InChI=1S/C56H67N5O14/c1-7-38(37-30-47(71-4)51(73-6)48(31-37)72-5)53(65)60-28-11-9-15-43(60)55(67)75-44(24-19-34-20-25-45(69-2)46(29-34)70-3)36-21-17-35(18-22-36)33-74-56(68)57-27-10-8-16-49(62)58-41-14-12-13-39-40(41)32-61(54(39)66)42-23-26-50(63)59-52(42)64/h12-14,17-18,20-22,25,29-31,38,42-44H,7-11,15-16,19,23-24,26-28,32-33H2,1-6H3,(H,57,68)(H,58,62)(H,59,63,64)/t38-,42?,43-,44+/m0/s1. The maximum absolute atomic E-state index is 14.5. The Bertz CT molecular complexity index is 2700. The number of alkyl carbamates (subject to hydrolysis) is 1. The summed E-state index contributed by atoms with van der Waals surface area (Å²) < 4.78 is 39.6. The molecule has 4 aromatic rings. The molecule has 7 rings (SSSR count). The number of nitrogens with zero attached hydrogens (tertiary/aromatic N) is 2. The highest BCUT2D eigenvalue weighted by Gasteiger charge is 2.41. The molecule has 0 aliphatic carbocycles. The summed E-state index contributed by atoms with van der Waals surface area (Å²) in [6, 6.07) is 19.9. The lowest BCUT2D eigenvalue weighted by molar-refractivity contribution is -0.162. The number of ether oxygens (including phenoxy) is 7. The van der Waals surface area contributed by atoms with Gasteiger partial charge in [0.15, 0.2) is 23.0 Å². The van der Waals surface area contributed by atoms with E-state index < -0.39 is 42.1 Å². The molecular formula is C56H67N5O14. The van der Waals surface area contributed by atoms with E-state index in [9.17, 15) is 33.6 Å². The monoisotopic (exact) mass is 1030 g/mol. The van der Waals surface area contributed by atoms with Gasteiger partial charge in [0.1, 0.15) is 24.8 Å². The van der Waals surface area contributed by atoms with E-state index in [4.69, 9.17) is 33.2 Å². The summed E-state index contributed by atoms with van der Waals surface area (Å²) in [6.07, 6.45) is 3.50. The third-order valence-corrected chi connectivity index (χ3v) is 13.9. The Labute approximate surface area is 436 Å². The van der Waals surface area contributed by atoms with Crippen molar-refractivity contribution in [2.24, 2.45) is 0 Å². The molecule has 6 amide bonds. The number of hydrogen-bond donors (Lipinski definition) is 3. The Hall–Kier alpha value is -7.83.